The molecule has 2 aromatic heterocycles. The Hall–Kier alpha value is -2.24. The molecule has 2 fully saturated rings. The number of likely N-dealkylation sites (tertiary alicyclic amines) is 1. The molecule has 2 aliphatic rings. The third kappa shape index (κ3) is 5.68. The van der Waals surface area contributed by atoms with Gasteiger partial charge in [-0.1, -0.05) is 18.2 Å². The second-order valence-corrected chi connectivity index (χ2v) is 13.6. The Kier molecular flexibility index (Phi) is 6.53. The zero-order chi connectivity index (χ0) is 25.7. The van der Waals surface area contributed by atoms with E-state index >= 15 is 0 Å². The van der Waals surface area contributed by atoms with Crippen LogP contribution in [0.2, 0.25) is 0 Å². The summed E-state index contributed by atoms with van der Waals surface area (Å²) in [4.78, 5) is 14.2. The van der Waals surface area contributed by atoms with Crippen LogP contribution in [-0.4, -0.2) is 61.9 Å². The van der Waals surface area contributed by atoms with Crippen LogP contribution in [-0.2, 0) is 28.6 Å². The fourth-order valence-electron chi connectivity index (χ4n) is 5.61. The molecule has 36 heavy (non-hydrogen) atoms. The molecule has 0 saturated carbocycles. The summed E-state index contributed by atoms with van der Waals surface area (Å²) in [5, 5.41) is 0.707. The topological polar surface area (TPSA) is 66.4 Å². The van der Waals surface area contributed by atoms with E-state index in [1.807, 2.05) is 25.1 Å². The number of alkyl halides is 3. The zero-order valence-electron chi connectivity index (χ0n) is 20.3. The maximum atomic E-state index is 12.9. The summed E-state index contributed by atoms with van der Waals surface area (Å²) in [7, 11) is -3.07. The fourth-order valence-corrected chi connectivity index (χ4v) is 7.42. The normalized spacial score (nSPS) is 21.3. The fraction of sp³-hybridized carbons (Fsp3) is 0.520. The molecule has 1 unspecified atom stereocenters. The number of thiophene rings is 1. The minimum absolute atomic E-state index is 0.0505. The van der Waals surface area contributed by atoms with Gasteiger partial charge in [-0.3, -0.25) is 4.90 Å². The molecule has 11 heteroatoms. The van der Waals surface area contributed by atoms with Crippen molar-refractivity contribution in [2.45, 2.75) is 44.7 Å². The number of halogens is 3. The Bertz CT molecular complexity index is 1390. The van der Waals surface area contributed by atoms with Crippen molar-refractivity contribution < 1.29 is 21.6 Å². The number of hydrogen-bond donors (Lipinski definition) is 0. The SMILES string of the molecule is Cc1cc(CS(C)(=O)=O)ccc1CN1CCC2(CCN(c3ncnc4sc(CC(F)(F)F)cc34)C2)C1. The molecule has 0 bridgehead atoms. The molecule has 0 N–H and O–H groups in total. The summed E-state index contributed by atoms with van der Waals surface area (Å²) >= 11 is 1.09. The highest BCUT2D eigenvalue weighted by atomic mass is 32.2. The van der Waals surface area contributed by atoms with Crippen LogP contribution in [0.25, 0.3) is 10.2 Å². The van der Waals surface area contributed by atoms with Crippen LogP contribution in [0.5, 0.6) is 0 Å². The number of rotatable bonds is 6. The molecule has 2 saturated heterocycles. The van der Waals surface area contributed by atoms with Crippen molar-refractivity contribution in [2.75, 3.05) is 37.3 Å². The summed E-state index contributed by atoms with van der Waals surface area (Å²) in [6, 6.07) is 7.51. The molecule has 0 aliphatic carbocycles. The number of nitrogens with zero attached hydrogens (tertiary/aromatic N) is 4. The second-order valence-electron chi connectivity index (χ2n) is 10.4. The molecule has 1 spiro atoms. The lowest BCUT2D eigenvalue weighted by Crippen LogP contribution is -2.31. The quantitative estimate of drug-likeness (QED) is 0.451. The highest BCUT2D eigenvalue weighted by Crippen LogP contribution is 2.43. The van der Waals surface area contributed by atoms with E-state index in [2.05, 4.69) is 19.8 Å². The Labute approximate surface area is 213 Å². The summed E-state index contributed by atoms with van der Waals surface area (Å²) in [6.07, 6.45) is -0.412. The van der Waals surface area contributed by atoms with E-state index in [1.165, 1.54) is 18.1 Å². The van der Waals surface area contributed by atoms with E-state index in [4.69, 9.17) is 0 Å². The molecular formula is C25H29F3N4O2S2. The van der Waals surface area contributed by atoms with Gasteiger partial charge in [-0.2, -0.15) is 13.2 Å². The van der Waals surface area contributed by atoms with E-state index in [-0.39, 0.29) is 16.0 Å². The van der Waals surface area contributed by atoms with Crippen molar-refractivity contribution in [3.63, 3.8) is 0 Å². The van der Waals surface area contributed by atoms with Gasteiger partial charge in [-0.25, -0.2) is 18.4 Å². The van der Waals surface area contributed by atoms with Crippen LogP contribution in [0, 0.1) is 12.3 Å². The summed E-state index contributed by atoms with van der Waals surface area (Å²) in [6.45, 7) is 6.42. The number of fused-ring (bicyclic) bond motifs is 1. The van der Waals surface area contributed by atoms with Gasteiger partial charge in [0.2, 0.25) is 0 Å². The lowest BCUT2D eigenvalue weighted by molar-refractivity contribution is -0.126. The van der Waals surface area contributed by atoms with Crippen molar-refractivity contribution in [1.82, 2.24) is 14.9 Å². The van der Waals surface area contributed by atoms with E-state index in [0.29, 0.717) is 10.2 Å². The monoisotopic (exact) mass is 538 g/mol. The number of sulfone groups is 1. The van der Waals surface area contributed by atoms with Crippen LogP contribution >= 0.6 is 11.3 Å². The van der Waals surface area contributed by atoms with Crippen molar-refractivity contribution in [3.8, 4) is 0 Å². The lowest BCUT2D eigenvalue weighted by atomic mass is 9.86. The Morgan fingerprint density at radius 3 is 2.61 bits per heavy atom. The van der Waals surface area contributed by atoms with Crippen LogP contribution in [0.15, 0.2) is 30.6 Å². The average molecular weight is 539 g/mol. The number of hydrogen-bond acceptors (Lipinski definition) is 7. The number of benzene rings is 1. The molecule has 3 aromatic rings. The maximum Gasteiger partial charge on any atom is 0.393 e. The Morgan fingerprint density at radius 1 is 1.11 bits per heavy atom. The van der Waals surface area contributed by atoms with Crippen molar-refractivity contribution >= 4 is 37.2 Å². The number of aromatic nitrogens is 2. The van der Waals surface area contributed by atoms with E-state index in [0.717, 1.165) is 73.8 Å². The minimum atomic E-state index is -4.24. The molecule has 0 radical (unpaired) electrons. The van der Waals surface area contributed by atoms with Gasteiger partial charge < -0.3 is 4.90 Å². The summed E-state index contributed by atoms with van der Waals surface area (Å²) in [5.74, 6) is 0.784. The molecule has 194 valence electrons. The molecular weight excluding hydrogens is 509 g/mol. The largest absolute Gasteiger partial charge is 0.393 e. The molecule has 1 atom stereocenters. The maximum absolute atomic E-state index is 12.9. The first-order valence-corrected chi connectivity index (χ1v) is 14.8. The third-order valence-corrected chi connectivity index (χ3v) is 9.12. The molecule has 6 nitrogen and oxygen atoms in total. The Morgan fingerprint density at radius 2 is 1.89 bits per heavy atom. The smallest absolute Gasteiger partial charge is 0.355 e. The van der Waals surface area contributed by atoms with Crippen LogP contribution in [0.4, 0.5) is 19.0 Å². The lowest BCUT2D eigenvalue weighted by Gasteiger charge is -2.25. The van der Waals surface area contributed by atoms with E-state index in [9.17, 15) is 21.6 Å². The predicted molar refractivity (Wildman–Crippen MR) is 136 cm³/mol. The van der Waals surface area contributed by atoms with Gasteiger partial charge in [0.25, 0.3) is 0 Å². The highest BCUT2D eigenvalue weighted by Gasteiger charge is 2.44. The summed E-state index contributed by atoms with van der Waals surface area (Å²) in [5.41, 5.74) is 3.24. The number of aryl methyl sites for hydroxylation is 1. The van der Waals surface area contributed by atoms with Gasteiger partial charge in [0.15, 0.2) is 9.84 Å². The molecule has 0 amide bonds. The Balaban J connectivity index is 1.27. The van der Waals surface area contributed by atoms with E-state index in [1.54, 1.807) is 6.07 Å². The van der Waals surface area contributed by atoms with Gasteiger partial charge in [-0.05, 0) is 49.1 Å². The molecule has 2 aliphatic heterocycles. The molecule has 4 heterocycles. The highest BCUT2D eigenvalue weighted by molar-refractivity contribution is 7.89. The van der Waals surface area contributed by atoms with Crippen LogP contribution < -0.4 is 4.90 Å². The summed E-state index contributed by atoms with van der Waals surface area (Å²) < 4.78 is 61.9. The number of anilines is 1. The van der Waals surface area contributed by atoms with Gasteiger partial charge in [-0.15, -0.1) is 11.3 Å². The second kappa shape index (κ2) is 9.25. The van der Waals surface area contributed by atoms with Crippen molar-refractivity contribution in [2.24, 2.45) is 5.41 Å². The average Bonchev–Trinajstić information content (AvgIpc) is 3.46. The standard InChI is InChI=1S/C25H29F3N4O2S2/c1-17-9-18(13-36(2,33)34)3-4-19(17)12-31-7-5-24(14-31)6-8-32(15-24)22-21-10-20(11-25(26,27)28)35-23(21)30-16-29-22/h3-4,9-10,16H,5-8,11-15H2,1-2H3. The van der Waals surface area contributed by atoms with Gasteiger partial charge >= 0.3 is 6.18 Å². The van der Waals surface area contributed by atoms with Crippen LogP contribution in [0.1, 0.15) is 34.4 Å². The van der Waals surface area contributed by atoms with Crippen LogP contribution in [0.3, 0.4) is 0 Å². The first-order chi connectivity index (χ1) is 16.9. The van der Waals surface area contributed by atoms with Crippen molar-refractivity contribution in [3.05, 3.63) is 52.2 Å². The molecule has 1 aromatic carbocycles. The van der Waals surface area contributed by atoms with Crippen molar-refractivity contribution in [1.29, 1.82) is 0 Å². The van der Waals surface area contributed by atoms with Gasteiger partial charge in [0, 0.05) is 42.7 Å². The first kappa shape index (κ1) is 25.4. The predicted octanol–water partition coefficient (Wildman–Crippen LogP) is 4.75. The van der Waals surface area contributed by atoms with Gasteiger partial charge in [0.1, 0.15) is 17.0 Å². The zero-order valence-corrected chi connectivity index (χ0v) is 21.9. The third-order valence-electron chi connectivity index (χ3n) is 7.22. The van der Waals surface area contributed by atoms with E-state index < -0.39 is 22.4 Å². The first-order valence-electron chi connectivity index (χ1n) is 11.9. The minimum Gasteiger partial charge on any atom is -0.355 e. The van der Waals surface area contributed by atoms with Gasteiger partial charge in [0.05, 0.1) is 17.6 Å². The molecule has 5 rings (SSSR count).